The molecule has 1 heterocycles. The molecule has 0 bridgehead atoms. The number of piperidine rings is 1. The Kier molecular flexibility index (Phi) is 7.75. The van der Waals surface area contributed by atoms with Crippen LogP contribution in [-0.2, 0) is 0 Å². The molecule has 1 atom stereocenters. The maximum atomic E-state index is 6.14. The van der Waals surface area contributed by atoms with Gasteiger partial charge in [-0.15, -0.1) is 0 Å². The molecule has 0 spiro atoms. The lowest BCUT2D eigenvalue weighted by Gasteiger charge is -2.37. The Morgan fingerprint density at radius 2 is 1.52 bits per heavy atom. The van der Waals surface area contributed by atoms with E-state index in [1.807, 2.05) is 12.1 Å². The van der Waals surface area contributed by atoms with Crippen molar-refractivity contribution in [2.75, 3.05) is 39.3 Å². The molecule has 3 heteroatoms. The highest BCUT2D eigenvalue weighted by molar-refractivity contribution is 6.30. The van der Waals surface area contributed by atoms with Crippen LogP contribution in [-0.4, -0.2) is 49.1 Å². The molecule has 1 saturated heterocycles. The van der Waals surface area contributed by atoms with Crippen LogP contribution in [0.1, 0.15) is 43.7 Å². The van der Waals surface area contributed by atoms with E-state index in [0.717, 1.165) is 18.1 Å². The summed E-state index contributed by atoms with van der Waals surface area (Å²) in [5.74, 6) is 1.16. The van der Waals surface area contributed by atoms with Gasteiger partial charge in [-0.2, -0.15) is 0 Å². The van der Waals surface area contributed by atoms with Crippen LogP contribution in [0.25, 0.3) is 0 Å². The summed E-state index contributed by atoms with van der Waals surface area (Å²) >= 11 is 6.14. The molecule has 3 rings (SSSR count). The molecule has 0 saturated carbocycles. The molecule has 0 aromatic heterocycles. The zero-order valence-electron chi connectivity index (χ0n) is 16.8. The van der Waals surface area contributed by atoms with Gasteiger partial charge in [0.2, 0.25) is 0 Å². The summed E-state index contributed by atoms with van der Waals surface area (Å²) in [7, 11) is 0. The molecular weight excluding hydrogens is 352 g/mol. The molecule has 2 nitrogen and oxygen atoms in total. The first kappa shape index (κ1) is 20.4. The smallest absolute Gasteiger partial charge is 0.0406 e. The number of hydrogen-bond acceptors (Lipinski definition) is 2. The zero-order valence-corrected chi connectivity index (χ0v) is 17.5. The maximum Gasteiger partial charge on any atom is 0.0406 e. The zero-order chi connectivity index (χ0) is 19.1. The van der Waals surface area contributed by atoms with E-state index in [0.29, 0.717) is 11.8 Å². The predicted molar refractivity (Wildman–Crippen MR) is 117 cm³/mol. The van der Waals surface area contributed by atoms with Gasteiger partial charge in [0.1, 0.15) is 0 Å². The van der Waals surface area contributed by atoms with Crippen LogP contribution in [0.2, 0.25) is 5.02 Å². The standard InChI is InChI=1S/C24H33ClN2/c1-3-26(4-2)18-19-27-16-14-22(15-17-27)24(20-8-6-5-7-9-20)21-10-12-23(25)13-11-21/h5-13,22,24H,3-4,14-19H2,1-2H3. The Bertz CT molecular complexity index is 659. The highest BCUT2D eigenvalue weighted by atomic mass is 35.5. The molecule has 27 heavy (non-hydrogen) atoms. The molecule has 1 unspecified atom stereocenters. The predicted octanol–water partition coefficient (Wildman–Crippen LogP) is 5.53. The van der Waals surface area contributed by atoms with E-state index in [4.69, 9.17) is 11.6 Å². The highest BCUT2D eigenvalue weighted by Gasteiger charge is 2.28. The fourth-order valence-electron chi connectivity index (χ4n) is 4.40. The monoisotopic (exact) mass is 384 g/mol. The van der Waals surface area contributed by atoms with E-state index in [9.17, 15) is 0 Å². The molecule has 2 aromatic carbocycles. The van der Waals surface area contributed by atoms with Crippen LogP contribution >= 0.6 is 11.6 Å². The molecule has 146 valence electrons. The fourth-order valence-corrected chi connectivity index (χ4v) is 4.53. The third kappa shape index (κ3) is 5.57. The van der Waals surface area contributed by atoms with E-state index >= 15 is 0 Å². The average Bonchev–Trinajstić information content (AvgIpc) is 2.72. The molecule has 2 aromatic rings. The van der Waals surface area contributed by atoms with Crippen LogP contribution < -0.4 is 0 Å². The minimum absolute atomic E-state index is 0.466. The number of halogens is 1. The first-order chi connectivity index (χ1) is 13.2. The van der Waals surface area contributed by atoms with Crippen LogP contribution in [0, 0.1) is 5.92 Å². The Balaban J connectivity index is 1.67. The summed E-state index contributed by atoms with van der Waals surface area (Å²) < 4.78 is 0. The van der Waals surface area contributed by atoms with Crippen molar-refractivity contribution in [3.63, 3.8) is 0 Å². The van der Waals surface area contributed by atoms with E-state index in [1.54, 1.807) is 0 Å². The Morgan fingerprint density at radius 1 is 0.926 bits per heavy atom. The van der Waals surface area contributed by atoms with Crippen LogP contribution in [0.3, 0.4) is 0 Å². The minimum Gasteiger partial charge on any atom is -0.303 e. The van der Waals surface area contributed by atoms with Gasteiger partial charge in [0, 0.05) is 24.0 Å². The molecule has 0 radical (unpaired) electrons. The summed E-state index contributed by atoms with van der Waals surface area (Å²) in [4.78, 5) is 5.17. The topological polar surface area (TPSA) is 6.48 Å². The first-order valence-corrected chi connectivity index (χ1v) is 10.8. The van der Waals surface area contributed by atoms with Gasteiger partial charge in [0.15, 0.2) is 0 Å². The molecular formula is C24H33ClN2. The summed E-state index contributed by atoms with van der Waals surface area (Å²) in [6, 6.07) is 19.5. The number of rotatable bonds is 8. The van der Waals surface area contributed by atoms with Crippen molar-refractivity contribution in [2.24, 2.45) is 5.92 Å². The Morgan fingerprint density at radius 3 is 2.11 bits per heavy atom. The highest BCUT2D eigenvalue weighted by Crippen LogP contribution is 2.38. The largest absolute Gasteiger partial charge is 0.303 e. The van der Waals surface area contributed by atoms with Gasteiger partial charge in [-0.05, 0) is 68.2 Å². The van der Waals surface area contributed by atoms with Crippen molar-refractivity contribution in [1.82, 2.24) is 9.80 Å². The van der Waals surface area contributed by atoms with Crippen LogP contribution in [0.5, 0.6) is 0 Å². The van der Waals surface area contributed by atoms with Crippen molar-refractivity contribution in [1.29, 1.82) is 0 Å². The van der Waals surface area contributed by atoms with Crippen LogP contribution in [0.15, 0.2) is 54.6 Å². The molecule has 0 aliphatic carbocycles. The van der Waals surface area contributed by atoms with Crippen molar-refractivity contribution < 1.29 is 0 Å². The SMILES string of the molecule is CCN(CC)CCN1CCC(C(c2ccccc2)c2ccc(Cl)cc2)CC1. The second kappa shape index (κ2) is 10.3. The molecule has 1 fully saturated rings. The lowest BCUT2D eigenvalue weighted by atomic mass is 9.76. The quantitative estimate of drug-likeness (QED) is 0.590. The first-order valence-electron chi connectivity index (χ1n) is 10.5. The minimum atomic E-state index is 0.466. The van der Waals surface area contributed by atoms with Gasteiger partial charge in [0.05, 0.1) is 0 Å². The summed E-state index contributed by atoms with van der Waals surface area (Å²) in [6.45, 7) is 11.6. The molecule has 0 N–H and O–H groups in total. The third-order valence-electron chi connectivity index (χ3n) is 6.12. The van der Waals surface area contributed by atoms with Gasteiger partial charge in [-0.3, -0.25) is 0 Å². The number of hydrogen-bond donors (Lipinski definition) is 0. The van der Waals surface area contributed by atoms with Crippen molar-refractivity contribution in [3.05, 3.63) is 70.7 Å². The lowest BCUT2D eigenvalue weighted by Crippen LogP contribution is -2.40. The van der Waals surface area contributed by atoms with E-state index in [-0.39, 0.29) is 0 Å². The van der Waals surface area contributed by atoms with Crippen molar-refractivity contribution in [3.8, 4) is 0 Å². The van der Waals surface area contributed by atoms with Gasteiger partial charge < -0.3 is 9.80 Å². The van der Waals surface area contributed by atoms with E-state index in [2.05, 4.69) is 66.1 Å². The number of likely N-dealkylation sites (tertiary alicyclic amines) is 1. The maximum absolute atomic E-state index is 6.14. The number of nitrogens with zero attached hydrogens (tertiary/aromatic N) is 2. The van der Waals surface area contributed by atoms with Gasteiger partial charge in [0.25, 0.3) is 0 Å². The fraction of sp³-hybridized carbons (Fsp3) is 0.500. The van der Waals surface area contributed by atoms with Crippen molar-refractivity contribution in [2.45, 2.75) is 32.6 Å². The number of likely N-dealkylation sites (N-methyl/N-ethyl adjacent to an activating group) is 1. The molecule has 0 amide bonds. The van der Waals surface area contributed by atoms with E-state index < -0.39 is 0 Å². The van der Waals surface area contributed by atoms with Crippen molar-refractivity contribution >= 4 is 11.6 Å². The Hall–Kier alpha value is -1.35. The second-order valence-corrected chi connectivity index (χ2v) is 8.08. The van der Waals surface area contributed by atoms with Gasteiger partial charge in [-0.1, -0.05) is 67.9 Å². The summed E-state index contributed by atoms with van der Waals surface area (Å²) in [5.41, 5.74) is 2.83. The van der Waals surface area contributed by atoms with Crippen LogP contribution in [0.4, 0.5) is 0 Å². The summed E-state index contributed by atoms with van der Waals surface area (Å²) in [5, 5.41) is 0.816. The summed E-state index contributed by atoms with van der Waals surface area (Å²) in [6.07, 6.45) is 2.53. The van der Waals surface area contributed by atoms with Gasteiger partial charge in [-0.25, -0.2) is 0 Å². The van der Waals surface area contributed by atoms with E-state index in [1.165, 1.54) is 50.1 Å². The molecule has 1 aliphatic heterocycles. The molecule has 1 aliphatic rings. The average molecular weight is 385 g/mol. The third-order valence-corrected chi connectivity index (χ3v) is 6.37. The van der Waals surface area contributed by atoms with Gasteiger partial charge >= 0.3 is 0 Å². The second-order valence-electron chi connectivity index (χ2n) is 7.65. The normalized spacial score (nSPS) is 17.3. The lowest BCUT2D eigenvalue weighted by molar-refractivity contribution is 0.153. The Labute approximate surface area is 170 Å². The number of benzene rings is 2.